The van der Waals surface area contributed by atoms with Crippen LogP contribution < -0.4 is 27.4 Å². The van der Waals surface area contributed by atoms with Crippen LogP contribution in [0, 0.1) is 21.7 Å². The van der Waals surface area contributed by atoms with Crippen molar-refractivity contribution in [3.05, 3.63) is 28.5 Å². The highest BCUT2D eigenvalue weighted by Crippen LogP contribution is 2.53. The van der Waals surface area contributed by atoms with Crippen LogP contribution in [0.2, 0.25) is 0 Å². The first kappa shape index (κ1) is 40.4. The summed E-state index contributed by atoms with van der Waals surface area (Å²) in [5.41, 5.74) is 12.3. The number of nitrogens with two attached hydrogens (primary N) is 2. The Morgan fingerprint density at radius 1 is 0.898 bits per heavy atom. The zero-order valence-corrected chi connectivity index (χ0v) is 33.2. The van der Waals surface area contributed by atoms with Crippen molar-refractivity contribution >= 4 is 45.2 Å². The minimum absolute atomic E-state index is 0.0298. The second-order valence-corrected chi connectivity index (χ2v) is 18.4. The van der Waals surface area contributed by atoms with Gasteiger partial charge in [0.2, 0.25) is 0 Å². The lowest BCUT2D eigenvalue weighted by Gasteiger charge is -2.42. The van der Waals surface area contributed by atoms with E-state index in [1.165, 1.54) is 6.20 Å². The van der Waals surface area contributed by atoms with Gasteiger partial charge in [0.1, 0.15) is 11.2 Å². The van der Waals surface area contributed by atoms with Gasteiger partial charge in [-0.05, 0) is 111 Å². The molecule has 2 aromatic rings. The Balaban J connectivity index is 0.000000308. The van der Waals surface area contributed by atoms with Crippen LogP contribution in [-0.2, 0) is 9.47 Å². The molecule has 2 saturated carbocycles. The molecule has 2 aromatic heterocycles. The summed E-state index contributed by atoms with van der Waals surface area (Å²) in [6.07, 6.45) is 6.41. The van der Waals surface area contributed by atoms with Crippen molar-refractivity contribution in [1.82, 2.24) is 20.2 Å². The molecule has 0 bridgehead atoms. The highest BCUT2D eigenvalue weighted by Gasteiger charge is 2.52. The smallest absolute Gasteiger partial charge is 0.407 e. The van der Waals surface area contributed by atoms with Gasteiger partial charge in [-0.2, -0.15) is 5.10 Å². The first-order chi connectivity index (χ1) is 22.2. The van der Waals surface area contributed by atoms with E-state index in [4.69, 9.17) is 20.9 Å². The maximum atomic E-state index is 12.2. The molecule has 4 atom stereocenters. The Morgan fingerprint density at radius 3 is 1.84 bits per heavy atom. The van der Waals surface area contributed by atoms with Crippen molar-refractivity contribution in [3.63, 3.8) is 0 Å². The molecule has 2 heterocycles. The number of fused-ring (bicyclic) bond motifs is 1. The quantitative estimate of drug-likeness (QED) is 0.201. The van der Waals surface area contributed by atoms with Crippen LogP contribution in [0.3, 0.4) is 0 Å². The zero-order valence-electron chi connectivity index (χ0n) is 31.6. The predicted molar refractivity (Wildman–Crippen MR) is 198 cm³/mol. The molecular weight excluding hydrogens is 690 g/mol. The molecule has 3 amide bonds. The Hall–Kier alpha value is -3.06. The molecule has 0 aromatic carbocycles. The van der Waals surface area contributed by atoms with Crippen molar-refractivity contribution in [2.75, 3.05) is 18.4 Å². The summed E-state index contributed by atoms with van der Waals surface area (Å²) in [6.45, 7) is 25.4. The Morgan fingerprint density at radius 2 is 1.39 bits per heavy atom. The molecule has 0 spiro atoms. The van der Waals surface area contributed by atoms with Crippen LogP contribution in [0.25, 0.3) is 5.52 Å². The molecule has 13 heteroatoms. The van der Waals surface area contributed by atoms with Gasteiger partial charge in [0.25, 0.3) is 5.91 Å². The Labute approximate surface area is 300 Å². The Bertz CT molecular complexity index is 1530. The van der Waals surface area contributed by atoms with Crippen molar-refractivity contribution in [2.24, 2.45) is 33.1 Å². The van der Waals surface area contributed by atoms with E-state index in [2.05, 4.69) is 78.5 Å². The average molecular weight is 751 g/mol. The summed E-state index contributed by atoms with van der Waals surface area (Å²) in [6, 6.07) is 2.17. The standard InChI is InChI=1S/C22H32BrN5O3.C14H28N2O2/c1-20(2,3)31-19(30)25-12-22(6)8-7-16(21(22,4)5)27-17-14(18(24)29)10-26-28-11-13(23)9-15(17)28;1-12(2,3)18-11(17)16-9-14(6)8-7-10(15)13(14,4)5/h9-11,16,27H,7-8,12H2,1-6H3,(H2,24,29)(H,25,30);10H,7-9,15H2,1-6H3,(H,16,17)/t16-,22-;10-,14-/m11/s1. The van der Waals surface area contributed by atoms with Crippen LogP contribution >= 0.6 is 15.9 Å². The summed E-state index contributed by atoms with van der Waals surface area (Å²) in [5.74, 6) is -0.528. The highest BCUT2D eigenvalue weighted by molar-refractivity contribution is 9.10. The second-order valence-electron chi connectivity index (χ2n) is 17.4. The maximum Gasteiger partial charge on any atom is 0.407 e. The van der Waals surface area contributed by atoms with Crippen LogP contribution in [0.1, 0.15) is 119 Å². The number of hydrogen-bond donors (Lipinski definition) is 5. The van der Waals surface area contributed by atoms with E-state index in [-0.39, 0.29) is 39.8 Å². The maximum absolute atomic E-state index is 12.2. The number of ether oxygens (including phenoxy) is 2. The summed E-state index contributed by atoms with van der Waals surface area (Å²) in [5, 5.41) is 13.7. The van der Waals surface area contributed by atoms with Gasteiger partial charge in [-0.1, -0.05) is 41.5 Å². The molecule has 0 aliphatic heterocycles. The minimum Gasteiger partial charge on any atom is -0.444 e. The number of hydrogen-bond acceptors (Lipinski definition) is 8. The van der Waals surface area contributed by atoms with Gasteiger partial charge in [-0.15, -0.1) is 0 Å². The van der Waals surface area contributed by atoms with Crippen LogP contribution in [0.4, 0.5) is 15.3 Å². The number of primary amides is 1. The second kappa shape index (κ2) is 14.3. The summed E-state index contributed by atoms with van der Waals surface area (Å²) in [7, 11) is 0. The normalized spacial score (nSPS) is 26.0. The summed E-state index contributed by atoms with van der Waals surface area (Å²) in [4.78, 5) is 36.0. The van der Waals surface area contributed by atoms with Gasteiger partial charge in [0, 0.05) is 35.8 Å². The molecule has 12 nitrogen and oxygen atoms in total. The molecule has 7 N–H and O–H groups in total. The van der Waals surface area contributed by atoms with Crippen LogP contribution in [0.15, 0.2) is 22.9 Å². The monoisotopic (exact) mass is 749 g/mol. The molecule has 0 unspecified atom stereocenters. The number of rotatable bonds is 7. The molecule has 49 heavy (non-hydrogen) atoms. The van der Waals surface area contributed by atoms with Gasteiger partial charge >= 0.3 is 12.2 Å². The lowest BCUT2D eigenvalue weighted by Crippen LogP contribution is -2.48. The highest BCUT2D eigenvalue weighted by atomic mass is 79.9. The molecule has 4 rings (SSSR count). The number of nitrogens with zero attached hydrogens (tertiary/aromatic N) is 2. The number of alkyl carbamates (subject to hydrolysis) is 2. The van der Waals surface area contributed by atoms with Gasteiger partial charge in [-0.25, -0.2) is 14.1 Å². The average Bonchev–Trinajstić information content (AvgIpc) is 3.50. The lowest BCUT2D eigenvalue weighted by molar-refractivity contribution is 0.0440. The number of nitrogens with one attached hydrogen (secondary N) is 3. The molecule has 2 aliphatic carbocycles. The topological polar surface area (TPSA) is 175 Å². The van der Waals surface area contributed by atoms with Crippen molar-refractivity contribution in [3.8, 4) is 0 Å². The largest absolute Gasteiger partial charge is 0.444 e. The van der Waals surface area contributed by atoms with Gasteiger partial charge in [0.15, 0.2) is 0 Å². The van der Waals surface area contributed by atoms with E-state index in [1.54, 1.807) is 4.52 Å². The molecule has 0 saturated heterocycles. The van der Waals surface area contributed by atoms with E-state index < -0.39 is 23.2 Å². The SMILES string of the molecule is CC(C)(C)OC(=O)NC[C@@]1(C)CC[C@@H](N)C1(C)C.CC(C)(C)OC(=O)NC[C@@]1(C)CC[C@@H](Nc2c(C(N)=O)cnn3cc(Br)cc23)C1(C)C. The predicted octanol–water partition coefficient (Wildman–Crippen LogP) is 6.99. The third-order valence-corrected chi connectivity index (χ3v) is 11.6. The molecular formula is C36H60BrN7O5. The first-order valence-electron chi connectivity index (χ1n) is 17.1. The van der Waals surface area contributed by atoms with Gasteiger partial charge < -0.3 is 36.9 Å². The molecule has 2 aliphatic rings. The van der Waals surface area contributed by atoms with Crippen LogP contribution in [0.5, 0.6) is 0 Å². The van der Waals surface area contributed by atoms with E-state index >= 15 is 0 Å². The van der Waals surface area contributed by atoms with E-state index in [1.807, 2.05) is 53.8 Å². The number of aromatic nitrogens is 2. The van der Waals surface area contributed by atoms with Crippen LogP contribution in [-0.4, -0.2) is 64.1 Å². The molecule has 276 valence electrons. The Kier molecular flexibility index (Phi) is 11.8. The first-order valence-corrected chi connectivity index (χ1v) is 17.9. The number of amides is 3. The molecule has 2 fully saturated rings. The van der Waals surface area contributed by atoms with E-state index in [0.717, 1.165) is 35.7 Å². The fraction of sp³-hybridized carbons (Fsp3) is 0.722. The van der Waals surface area contributed by atoms with Crippen molar-refractivity contribution < 1.29 is 23.9 Å². The number of halogens is 1. The molecule has 0 radical (unpaired) electrons. The van der Waals surface area contributed by atoms with E-state index in [0.29, 0.717) is 24.3 Å². The lowest BCUT2D eigenvalue weighted by atomic mass is 9.67. The minimum atomic E-state index is -0.538. The van der Waals surface area contributed by atoms with Gasteiger partial charge in [-0.3, -0.25) is 4.79 Å². The van der Waals surface area contributed by atoms with Crippen molar-refractivity contribution in [1.29, 1.82) is 0 Å². The number of anilines is 1. The fourth-order valence-corrected chi connectivity index (χ4v) is 7.17. The van der Waals surface area contributed by atoms with Crippen molar-refractivity contribution in [2.45, 2.75) is 132 Å². The summed E-state index contributed by atoms with van der Waals surface area (Å²) >= 11 is 3.47. The number of carbonyl (C=O) groups excluding carboxylic acids is 3. The summed E-state index contributed by atoms with van der Waals surface area (Å²) < 4.78 is 13.2. The number of carbonyl (C=O) groups is 3. The fourth-order valence-electron chi connectivity index (χ4n) is 6.76. The third kappa shape index (κ3) is 9.39. The zero-order chi connectivity index (χ0) is 37.4. The third-order valence-electron chi connectivity index (χ3n) is 11.1. The van der Waals surface area contributed by atoms with E-state index in [9.17, 15) is 14.4 Å². The van der Waals surface area contributed by atoms with Gasteiger partial charge in [0.05, 0.1) is 23.0 Å².